The maximum absolute atomic E-state index is 12.9. The molecule has 0 radical (unpaired) electrons. The summed E-state index contributed by atoms with van der Waals surface area (Å²) >= 11 is 5.65. The topological polar surface area (TPSA) is 41.1 Å². The van der Waals surface area contributed by atoms with E-state index in [2.05, 4.69) is 10.6 Å². The molecular weight excluding hydrogens is 342 g/mol. The number of carbonyl (C=O) groups is 1. The normalized spacial score (nSPS) is 20.1. The minimum atomic E-state index is -0.486. The van der Waals surface area contributed by atoms with Crippen LogP contribution in [0.4, 0.5) is 10.1 Å². The minimum absolute atomic E-state index is 0. The van der Waals surface area contributed by atoms with Gasteiger partial charge in [0.1, 0.15) is 5.82 Å². The van der Waals surface area contributed by atoms with Crippen molar-refractivity contribution in [1.82, 2.24) is 5.32 Å². The van der Waals surface area contributed by atoms with Crippen molar-refractivity contribution in [2.45, 2.75) is 19.4 Å². The Labute approximate surface area is 143 Å². The highest BCUT2D eigenvalue weighted by atomic mass is 35.5. The lowest BCUT2D eigenvalue weighted by atomic mass is 10.0. The molecule has 3 nitrogen and oxygen atoms in total. The summed E-state index contributed by atoms with van der Waals surface area (Å²) in [6, 6.07) is 4.34. The average molecular weight is 361 g/mol. The van der Waals surface area contributed by atoms with E-state index < -0.39 is 5.82 Å². The van der Waals surface area contributed by atoms with Gasteiger partial charge in [0.15, 0.2) is 0 Å². The Morgan fingerprint density at radius 3 is 2.60 bits per heavy atom. The third-order valence-corrected chi connectivity index (χ3v) is 3.34. The Morgan fingerprint density at radius 2 is 2.10 bits per heavy atom. The number of rotatable bonds is 2. The van der Waals surface area contributed by atoms with Crippen LogP contribution >= 0.6 is 51.0 Å². The quantitative estimate of drug-likeness (QED) is 0.850. The van der Waals surface area contributed by atoms with Crippen molar-refractivity contribution in [1.29, 1.82) is 0 Å². The van der Waals surface area contributed by atoms with E-state index in [4.69, 9.17) is 11.6 Å². The zero-order valence-corrected chi connectivity index (χ0v) is 14.4. The molecule has 2 N–H and O–H groups in total. The standard InChI is InChI=1S/C12H14ClFN2O.ClH.2H2S/c1-7-9(4-5-15-7)12(17)16-8-2-3-11(14)10(13)6-8;;;/h2-3,6-7,9,15H,4-5H2,1H3,(H,16,17);1H;2*1H2/t7-,9-;;;/m0.../s1. The van der Waals surface area contributed by atoms with Gasteiger partial charge in [-0.1, -0.05) is 11.6 Å². The Kier molecular flexibility index (Phi) is 10.8. The van der Waals surface area contributed by atoms with E-state index in [-0.39, 0.29) is 62.3 Å². The number of benzene rings is 1. The highest BCUT2D eigenvalue weighted by molar-refractivity contribution is 7.59. The summed E-state index contributed by atoms with van der Waals surface area (Å²) in [6.45, 7) is 2.83. The summed E-state index contributed by atoms with van der Waals surface area (Å²) in [5.74, 6) is -0.579. The molecule has 1 aliphatic heterocycles. The van der Waals surface area contributed by atoms with Crippen LogP contribution in [-0.2, 0) is 4.79 Å². The summed E-state index contributed by atoms with van der Waals surface area (Å²) in [5, 5.41) is 5.98. The second kappa shape index (κ2) is 9.73. The van der Waals surface area contributed by atoms with Gasteiger partial charge in [-0.3, -0.25) is 4.79 Å². The molecule has 0 unspecified atom stereocenters. The summed E-state index contributed by atoms with van der Waals surface area (Å²) in [6.07, 6.45) is 0.821. The fourth-order valence-electron chi connectivity index (χ4n) is 2.03. The molecule has 0 spiro atoms. The maximum Gasteiger partial charge on any atom is 0.229 e. The second-order valence-electron chi connectivity index (χ2n) is 4.26. The maximum atomic E-state index is 12.9. The summed E-state index contributed by atoms with van der Waals surface area (Å²) < 4.78 is 12.9. The van der Waals surface area contributed by atoms with E-state index in [9.17, 15) is 9.18 Å². The number of hydrogen-bond acceptors (Lipinski definition) is 2. The zero-order chi connectivity index (χ0) is 12.4. The Hall–Kier alpha value is -0.140. The van der Waals surface area contributed by atoms with E-state index >= 15 is 0 Å². The SMILES string of the molecule is C[C@@H]1NCC[C@@H]1C(=O)Nc1ccc(F)c(Cl)c1.Cl.S.S. The van der Waals surface area contributed by atoms with E-state index in [1.807, 2.05) is 6.92 Å². The van der Waals surface area contributed by atoms with Gasteiger partial charge < -0.3 is 10.6 Å². The van der Waals surface area contributed by atoms with Crippen LogP contribution in [0.25, 0.3) is 0 Å². The van der Waals surface area contributed by atoms with Crippen molar-refractivity contribution in [3.63, 3.8) is 0 Å². The number of carbonyl (C=O) groups excluding carboxylic acids is 1. The van der Waals surface area contributed by atoms with E-state index in [0.717, 1.165) is 13.0 Å². The van der Waals surface area contributed by atoms with Crippen molar-refractivity contribution >= 4 is 62.6 Å². The number of halogens is 3. The molecule has 0 aliphatic carbocycles. The van der Waals surface area contributed by atoms with Crippen molar-refractivity contribution in [3.8, 4) is 0 Å². The van der Waals surface area contributed by atoms with E-state index in [0.29, 0.717) is 5.69 Å². The Bertz CT molecular complexity index is 451. The lowest BCUT2D eigenvalue weighted by Crippen LogP contribution is -2.32. The molecule has 2 atom stereocenters. The lowest BCUT2D eigenvalue weighted by molar-refractivity contribution is -0.120. The molecule has 0 aromatic heterocycles. The van der Waals surface area contributed by atoms with Crippen LogP contribution < -0.4 is 10.6 Å². The third-order valence-electron chi connectivity index (χ3n) is 3.05. The van der Waals surface area contributed by atoms with Crippen molar-refractivity contribution in [3.05, 3.63) is 29.0 Å². The summed E-state index contributed by atoms with van der Waals surface area (Å²) in [4.78, 5) is 11.9. The van der Waals surface area contributed by atoms with E-state index in [1.165, 1.54) is 18.2 Å². The largest absolute Gasteiger partial charge is 0.326 e. The summed E-state index contributed by atoms with van der Waals surface area (Å²) in [5.41, 5.74) is 0.528. The molecule has 1 saturated heterocycles. The molecule has 1 aromatic carbocycles. The zero-order valence-electron chi connectivity index (χ0n) is 10.9. The first kappa shape index (κ1) is 22.1. The van der Waals surface area contributed by atoms with Gasteiger partial charge in [-0.2, -0.15) is 27.0 Å². The van der Waals surface area contributed by atoms with Crippen LogP contribution in [-0.4, -0.2) is 18.5 Å². The van der Waals surface area contributed by atoms with Gasteiger partial charge in [-0.25, -0.2) is 4.39 Å². The van der Waals surface area contributed by atoms with Gasteiger partial charge in [-0.15, -0.1) is 12.4 Å². The number of hydrogen-bond donors (Lipinski definition) is 2. The predicted octanol–water partition coefficient (Wildman–Crippen LogP) is 3.06. The average Bonchev–Trinajstić information content (AvgIpc) is 2.70. The monoisotopic (exact) mass is 360 g/mol. The van der Waals surface area contributed by atoms with E-state index in [1.54, 1.807) is 0 Å². The second-order valence-corrected chi connectivity index (χ2v) is 4.66. The lowest BCUT2D eigenvalue weighted by Gasteiger charge is -2.15. The van der Waals surface area contributed by atoms with Crippen LogP contribution in [0.2, 0.25) is 5.02 Å². The van der Waals surface area contributed by atoms with Crippen molar-refractivity contribution in [2.75, 3.05) is 11.9 Å². The smallest absolute Gasteiger partial charge is 0.229 e. The predicted molar refractivity (Wildman–Crippen MR) is 93.6 cm³/mol. The highest BCUT2D eigenvalue weighted by Gasteiger charge is 2.29. The van der Waals surface area contributed by atoms with Crippen LogP contribution in [0.5, 0.6) is 0 Å². The van der Waals surface area contributed by atoms with Crippen LogP contribution in [0.1, 0.15) is 13.3 Å². The van der Waals surface area contributed by atoms with Crippen LogP contribution in [0, 0.1) is 11.7 Å². The Balaban J connectivity index is 0. The molecule has 1 aromatic rings. The third kappa shape index (κ3) is 5.33. The number of anilines is 1. The molecular formula is C12H19Cl2FN2OS2. The van der Waals surface area contributed by atoms with Crippen molar-refractivity contribution < 1.29 is 9.18 Å². The van der Waals surface area contributed by atoms with Crippen LogP contribution in [0.3, 0.4) is 0 Å². The first-order valence-electron chi connectivity index (χ1n) is 5.57. The number of nitrogens with one attached hydrogen (secondary N) is 2. The first-order chi connectivity index (χ1) is 8.08. The highest BCUT2D eigenvalue weighted by Crippen LogP contribution is 2.22. The first-order valence-corrected chi connectivity index (χ1v) is 5.95. The fraction of sp³-hybridized carbons (Fsp3) is 0.417. The Morgan fingerprint density at radius 1 is 1.45 bits per heavy atom. The van der Waals surface area contributed by atoms with Crippen LogP contribution in [0.15, 0.2) is 18.2 Å². The van der Waals surface area contributed by atoms with Gasteiger partial charge in [-0.05, 0) is 38.1 Å². The van der Waals surface area contributed by atoms with Gasteiger partial charge in [0.2, 0.25) is 5.91 Å². The van der Waals surface area contributed by atoms with Gasteiger partial charge in [0.05, 0.1) is 10.9 Å². The molecule has 1 aliphatic rings. The molecule has 1 heterocycles. The molecule has 0 bridgehead atoms. The van der Waals surface area contributed by atoms with Gasteiger partial charge >= 0.3 is 0 Å². The fourth-order valence-corrected chi connectivity index (χ4v) is 2.21. The molecule has 20 heavy (non-hydrogen) atoms. The van der Waals surface area contributed by atoms with Crippen molar-refractivity contribution in [2.24, 2.45) is 5.92 Å². The minimum Gasteiger partial charge on any atom is -0.326 e. The van der Waals surface area contributed by atoms with Gasteiger partial charge in [0.25, 0.3) is 0 Å². The molecule has 0 saturated carbocycles. The molecule has 1 fully saturated rings. The molecule has 2 rings (SSSR count). The molecule has 1 amide bonds. The summed E-state index contributed by atoms with van der Waals surface area (Å²) in [7, 11) is 0. The molecule has 116 valence electrons. The molecule has 8 heteroatoms. The number of amides is 1. The van der Waals surface area contributed by atoms with Gasteiger partial charge in [0, 0.05) is 11.7 Å².